The lowest BCUT2D eigenvalue weighted by Crippen LogP contribution is -2.30. The van der Waals surface area contributed by atoms with Crippen LogP contribution in [-0.4, -0.2) is 23.2 Å². The van der Waals surface area contributed by atoms with Gasteiger partial charge in [0.05, 0.1) is 18.7 Å². The summed E-state index contributed by atoms with van der Waals surface area (Å²) in [4.78, 5) is 24.4. The van der Waals surface area contributed by atoms with Crippen LogP contribution in [0.4, 0.5) is 0 Å². The van der Waals surface area contributed by atoms with E-state index in [2.05, 4.69) is 5.32 Å². The normalized spacial score (nSPS) is 11.9. The molecule has 116 valence electrons. The van der Waals surface area contributed by atoms with Gasteiger partial charge in [-0.15, -0.1) is 11.8 Å². The van der Waals surface area contributed by atoms with Gasteiger partial charge in [-0.2, -0.15) is 0 Å². The Bertz CT molecular complexity index is 663. The lowest BCUT2D eigenvalue weighted by atomic mass is 10.0. The van der Waals surface area contributed by atoms with Crippen LogP contribution in [0.3, 0.4) is 0 Å². The Hall–Kier alpha value is -2.21. The molecule has 1 aromatic carbocycles. The molecule has 0 aliphatic rings. The van der Waals surface area contributed by atoms with Gasteiger partial charge in [-0.25, -0.2) is 0 Å². The molecule has 1 unspecified atom stereocenters. The lowest BCUT2D eigenvalue weighted by molar-refractivity contribution is -0.137. The van der Waals surface area contributed by atoms with Gasteiger partial charge >= 0.3 is 5.97 Å². The highest BCUT2D eigenvalue weighted by atomic mass is 32.2. The van der Waals surface area contributed by atoms with E-state index in [1.807, 2.05) is 30.5 Å². The molecular weight excluding hydrogens is 302 g/mol. The van der Waals surface area contributed by atoms with Gasteiger partial charge in [0.25, 0.3) is 5.91 Å². The minimum atomic E-state index is -0.976. The van der Waals surface area contributed by atoms with E-state index in [1.165, 1.54) is 6.26 Å². The fourth-order valence-corrected chi connectivity index (χ4v) is 2.50. The Balaban J connectivity index is 2.20. The molecule has 0 aliphatic heterocycles. The molecule has 0 aliphatic carbocycles. The summed E-state index contributed by atoms with van der Waals surface area (Å²) in [6.45, 7) is 1.76. The maximum absolute atomic E-state index is 12.2. The van der Waals surface area contributed by atoms with Crippen molar-refractivity contribution in [2.75, 3.05) is 6.26 Å². The van der Waals surface area contributed by atoms with Gasteiger partial charge in [-0.1, -0.05) is 12.1 Å². The van der Waals surface area contributed by atoms with Crippen molar-refractivity contribution < 1.29 is 19.1 Å². The van der Waals surface area contributed by atoms with E-state index in [0.29, 0.717) is 5.56 Å². The molecule has 6 heteroatoms. The second kappa shape index (κ2) is 7.17. The smallest absolute Gasteiger partial charge is 0.305 e. The molecule has 5 nitrogen and oxygen atoms in total. The maximum Gasteiger partial charge on any atom is 0.305 e. The van der Waals surface area contributed by atoms with Crippen LogP contribution in [0.15, 0.2) is 45.9 Å². The van der Waals surface area contributed by atoms with Crippen LogP contribution in [0.5, 0.6) is 0 Å². The summed E-state index contributed by atoms with van der Waals surface area (Å²) in [5, 5.41) is 11.8. The molecule has 0 bridgehead atoms. The summed E-state index contributed by atoms with van der Waals surface area (Å²) in [7, 11) is 0. The number of hydrogen-bond donors (Lipinski definition) is 2. The number of carboxylic acids is 1. The van der Waals surface area contributed by atoms with Crippen molar-refractivity contribution in [3.8, 4) is 0 Å². The van der Waals surface area contributed by atoms with Crippen molar-refractivity contribution in [1.82, 2.24) is 5.32 Å². The van der Waals surface area contributed by atoms with Crippen molar-refractivity contribution in [2.45, 2.75) is 24.3 Å². The first-order chi connectivity index (χ1) is 10.5. The minimum Gasteiger partial charge on any atom is -0.481 e. The van der Waals surface area contributed by atoms with Crippen molar-refractivity contribution in [3.63, 3.8) is 0 Å². The molecule has 0 radical (unpaired) electrons. The minimum absolute atomic E-state index is 0.190. The van der Waals surface area contributed by atoms with Gasteiger partial charge in [-0.05, 0) is 36.9 Å². The number of thioether (sulfide) groups is 1. The topological polar surface area (TPSA) is 79.5 Å². The number of aryl methyl sites for hydroxylation is 1. The van der Waals surface area contributed by atoms with Crippen molar-refractivity contribution in [3.05, 3.63) is 53.5 Å². The van der Waals surface area contributed by atoms with Gasteiger partial charge < -0.3 is 14.8 Å². The first kappa shape index (κ1) is 16.2. The molecule has 0 saturated heterocycles. The number of furan rings is 1. The predicted molar refractivity (Wildman–Crippen MR) is 84.1 cm³/mol. The average Bonchev–Trinajstić information content (AvgIpc) is 2.92. The van der Waals surface area contributed by atoms with E-state index < -0.39 is 17.9 Å². The third-order valence-corrected chi connectivity index (χ3v) is 4.01. The molecule has 2 aromatic rings. The largest absolute Gasteiger partial charge is 0.481 e. The Morgan fingerprint density at radius 2 is 1.95 bits per heavy atom. The predicted octanol–water partition coefficient (Wildman–Crippen LogP) is 3.26. The number of carboxylic acid groups (broad SMARTS) is 1. The number of aliphatic carboxylic acids is 1. The fraction of sp³-hybridized carbons (Fsp3) is 0.250. The number of carbonyl (C=O) groups excluding carboxylic acids is 1. The fourth-order valence-electron chi connectivity index (χ4n) is 2.09. The second-order valence-electron chi connectivity index (χ2n) is 4.83. The number of amides is 1. The summed E-state index contributed by atoms with van der Waals surface area (Å²) in [6, 6.07) is 8.54. The van der Waals surface area contributed by atoms with Gasteiger partial charge in [-0.3, -0.25) is 9.59 Å². The van der Waals surface area contributed by atoms with Gasteiger partial charge in [0.1, 0.15) is 0 Å². The number of carbonyl (C=O) groups is 2. The molecule has 2 N–H and O–H groups in total. The molecule has 22 heavy (non-hydrogen) atoms. The Labute approximate surface area is 132 Å². The van der Waals surface area contributed by atoms with Crippen LogP contribution in [0, 0.1) is 6.92 Å². The highest BCUT2D eigenvalue weighted by Gasteiger charge is 2.21. The van der Waals surface area contributed by atoms with E-state index in [4.69, 9.17) is 9.52 Å². The third-order valence-electron chi connectivity index (χ3n) is 3.27. The van der Waals surface area contributed by atoms with Gasteiger partial charge in [0.2, 0.25) is 0 Å². The Morgan fingerprint density at radius 1 is 1.27 bits per heavy atom. The number of benzene rings is 1. The van der Waals surface area contributed by atoms with Gasteiger partial charge in [0, 0.05) is 10.5 Å². The zero-order valence-corrected chi connectivity index (χ0v) is 13.1. The van der Waals surface area contributed by atoms with Crippen LogP contribution >= 0.6 is 11.8 Å². The zero-order valence-electron chi connectivity index (χ0n) is 12.3. The standard InChI is InChI=1S/C16H17NO4S/c1-10-7-8-21-15(10)16(20)17-13(9-14(18)19)11-3-5-12(22-2)6-4-11/h3-8,13H,9H2,1-2H3,(H,17,20)(H,18,19). The quantitative estimate of drug-likeness (QED) is 0.799. The van der Waals surface area contributed by atoms with E-state index in [-0.39, 0.29) is 12.2 Å². The summed E-state index contributed by atoms with van der Waals surface area (Å²) >= 11 is 1.60. The summed E-state index contributed by atoms with van der Waals surface area (Å²) in [6.07, 6.45) is 3.21. The van der Waals surface area contributed by atoms with Crippen molar-refractivity contribution in [2.24, 2.45) is 0 Å². The molecule has 1 atom stereocenters. The van der Waals surface area contributed by atoms with E-state index >= 15 is 0 Å². The van der Waals surface area contributed by atoms with Crippen molar-refractivity contribution >= 4 is 23.6 Å². The van der Waals surface area contributed by atoms with Gasteiger partial charge in [0.15, 0.2) is 5.76 Å². The summed E-state index contributed by atoms with van der Waals surface area (Å²) in [5.74, 6) is -1.19. The van der Waals surface area contributed by atoms with Crippen LogP contribution in [0.2, 0.25) is 0 Å². The molecule has 0 saturated carbocycles. The van der Waals surface area contributed by atoms with Crippen LogP contribution in [0.25, 0.3) is 0 Å². The van der Waals surface area contributed by atoms with E-state index in [0.717, 1.165) is 10.5 Å². The monoisotopic (exact) mass is 319 g/mol. The van der Waals surface area contributed by atoms with Crippen LogP contribution < -0.4 is 5.32 Å². The van der Waals surface area contributed by atoms with E-state index in [1.54, 1.807) is 24.8 Å². The molecule has 0 spiro atoms. The molecule has 2 rings (SSSR count). The lowest BCUT2D eigenvalue weighted by Gasteiger charge is -2.17. The first-order valence-electron chi connectivity index (χ1n) is 6.72. The summed E-state index contributed by atoms with van der Waals surface area (Å²) < 4.78 is 5.14. The van der Waals surface area contributed by atoms with Crippen LogP contribution in [0.1, 0.15) is 34.1 Å². The van der Waals surface area contributed by atoms with E-state index in [9.17, 15) is 9.59 Å². The number of hydrogen-bond acceptors (Lipinski definition) is 4. The zero-order chi connectivity index (χ0) is 16.1. The molecule has 1 amide bonds. The Morgan fingerprint density at radius 3 is 2.45 bits per heavy atom. The average molecular weight is 319 g/mol. The SMILES string of the molecule is CSc1ccc(C(CC(=O)O)NC(=O)c2occc2C)cc1. The summed E-state index contributed by atoms with van der Waals surface area (Å²) in [5.41, 5.74) is 1.46. The van der Waals surface area contributed by atoms with Crippen LogP contribution in [-0.2, 0) is 4.79 Å². The molecular formula is C16H17NO4S. The maximum atomic E-state index is 12.2. The second-order valence-corrected chi connectivity index (χ2v) is 5.71. The first-order valence-corrected chi connectivity index (χ1v) is 7.94. The van der Waals surface area contributed by atoms with Crippen molar-refractivity contribution in [1.29, 1.82) is 0 Å². The number of nitrogens with one attached hydrogen (secondary N) is 1. The number of rotatable bonds is 6. The highest BCUT2D eigenvalue weighted by Crippen LogP contribution is 2.22. The third kappa shape index (κ3) is 3.92. The molecule has 0 fully saturated rings. The molecule has 1 aromatic heterocycles. The Kier molecular flexibility index (Phi) is 5.27. The highest BCUT2D eigenvalue weighted by molar-refractivity contribution is 7.98. The molecule has 1 heterocycles.